The third-order valence-electron chi connectivity index (χ3n) is 4.12. The molecule has 1 unspecified atom stereocenters. The molecule has 122 valence electrons. The molecule has 2 aromatic rings. The number of hydrogen-bond donors (Lipinski definition) is 0. The van der Waals surface area contributed by atoms with Gasteiger partial charge < -0.3 is 9.47 Å². The number of para-hydroxylation sites is 1. The molecular formula is C21H20O3. The van der Waals surface area contributed by atoms with E-state index in [9.17, 15) is 4.79 Å². The Bertz CT molecular complexity index is 741. The molecule has 0 spiro atoms. The molecule has 0 radical (unpaired) electrons. The van der Waals surface area contributed by atoms with Crippen molar-refractivity contribution in [1.29, 1.82) is 0 Å². The first-order valence-electron chi connectivity index (χ1n) is 8.15. The summed E-state index contributed by atoms with van der Waals surface area (Å²) in [5.74, 6) is 1.35. The smallest absolute Gasteiger partial charge is 0.309 e. The van der Waals surface area contributed by atoms with Crippen LogP contribution >= 0.6 is 0 Å². The fraction of sp³-hybridized carbons (Fsp3) is 0.238. The van der Waals surface area contributed by atoms with Crippen LogP contribution in [0, 0.1) is 5.92 Å². The minimum atomic E-state index is -0.491. The summed E-state index contributed by atoms with van der Waals surface area (Å²) in [6.45, 7) is 3.60. The monoisotopic (exact) mass is 320 g/mol. The van der Waals surface area contributed by atoms with E-state index in [-0.39, 0.29) is 11.9 Å². The van der Waals surface area contributed by atoms with Crippen molar-refractivity contribution in [1.82, 2.24) is 0 Å². The van der Waals surface area contributed by atoms with Gasteiger partial charge in [0.15, 0.2) is 6.10 Å². The van der Waals surface area contributed by atoms with Gasteiger partial charge in [-0.25, -0.2) is 0 Å². The molecule has 1 atom stereocenters. The number of carbonyl (C=O) groups excluding carboxylic acids is 1. The Morgan fingerprint density at radius 1 is 1.12 bits per heavy atom. The molecule has 0 N–H and O–H groups in total. The first-order valence-corrected chi connectivity index (χ1v) is 8.15. The van der Waals surface area contributed by atoms with Crippen LogP contribution in [0.15, 0.2) is 73.0 Å². The van der Waals surface area contributed by atoms with E-state index in [1.807, 2.05) is 54.6 Å². The largest absolute Gasteiger partial charge is 0.457 e. The number of hydrogen-bond acceptors (Lipinski definition) is 3. The average molecular weight is 320 g/mol. The molecule has 3 heteroatoms. The SMILES string of the molecule is C=C=CC(OC(=O)C1CCC1)c1cccc(Oc2ccccc2)c1. The van der Waals surface area contributed by atoms with Gasteiger partial charge in [0, 0.05) is 11.6 Å². The molecule has 1 saturated carbocycles. The van der Waals surface area contributed by atoms with E-state index < -0.39 is 6.10 Å². The van der Waals surface area contributed by atoms with Gasteiger partial charge in [0.25, 0.3) is 0 Å². The van der Waals surface area contributed by atoms with Gasteiger partial charge >= 0.3 is 5.97 Å². The Morgan fingerprint density at radius 2 is 1.88 bits per heavy atom. The predicted octanol–water partition coefficient (Wildman–Crippen LogP) is 5.20. The summed E-state index contributed by atoms with van der Waals surface area (Å²) < 4.78 is 11.5. The Kier molecular flexibility index (Phi) is 5.15. The highest BCUT2D eigenvalue weighted by molar-refractivity contribution is 5.73. The molecule has 0 amide bonds. The van der Waals surface area contributed by atoms with E-state index >= 15 is 0 Å². The fourth-order valence-electron chi connectivity index (χ4n) is 2.55. The maximum Gasteiger partial charge on any atom is 0.309 e. The van der Waals surface area contributed by atoms with Crippen LogP contribution in [0.2, 0.25) is 0 Å². The van der Waals surface area contributed by atoms with Gasteiger partial charge in [-0.05, 0) is 37.1 Å². The summed E-state index contributed by atoms with van der Waals surface area (Å²) in [5, 5.41) is 0. The molecule has 0 aliphatic heterocycles. The summed E-state index contributed by atoms with van der Waals surface area (Å²) in [5.41, 5.74) is 3.56. The highest BCUT2D eigenvalue weighted by Crippen LogP contribution is 2.31. The first-order chi connectivity index (χ1) is 11.8. The number of carbonyl (C=O) groups is 1. The van der Waals surface area contributed by atoms with Crippen molar-refractivity contribution >= 4 is 5.97 Å². The minimum absolute atomic E-state index is 0.0365. The summed E-state index contributed by atoms with van der Waals surface area (Å²) in [7, 11) is 0. The van der Waals surface area contributed by atoms with Gasteiger partial charge in [-0.1, -0.05) is 43.3 Å². The third kappa shape index (κ3) is 3.95. The Hall–Kier alpha value is -2.77. The second kappa shape index (κ2) is 7.67. The van der Waals surface area contributed by atoms with Crippen LogP contribution < -0.4 is 4.74 Å². The lowest BCUT2D eigenvalue weighted by atomic mass is 9.85. The van der Waals surface area contributed by atoms with Gasteiger partial charge in [0.05, 0.1) is 5.92 Å². The molecule has 3 nitrogen and oxygen atoms in total. The summed E-state index contributed by atoms with van der Waals surface area (Å²) in [4.78, 5) is 12.1. The maximum atomic E-state index is 12.1. The van der Waals surface area contributed by atoms with E-state index in [0.717, 1.165) is 30.6 Å². The van der Waals surface area contributed by atoms with Gasteiger partial charge in [-0.2, -0.15) is 0 Å². The van der Waals surface area contributed by atoms with E-state index in [0.29, 0.717) is 5.75 Å². The molecule has 1 aliphatic rings. The van der Waals surface area contributed by atoms with Crippen LogP contribution in [-0.4, -0.2) is 5.97 Å². The molecule has 0 heterocycles. The van der Waals surface area contributed by atoms with Crippen molar-refractivity contribution in [3.05, 3.63) is 78.5 Å². The van der Waals surface area contributed by atoms with Gasteiger partial charge in [-0.15, -0.1) is 5.73 Å². The summed E-state index contributed by atoms with van der Waals surface area (Å²) in [6.07, 6.45) is 4.11. The number of ether oxygens (including phenoxy) is 2. The van der Waals surface area contributed by atoms with Crippen LogP contribution in [-0.2, 0) is 9.53 Å². The zero-order valence-electron chi connectivity index (χ0n) is 13.5. The van der Waals surface area contributed by atoms with E-state index in [1.165, 1.54) is 0 Å². The lowest BCUT2D eigenvalue weighted by Gasteiger charge is -2.25. The highest BCUT2D eigenvalue weighted by atomic mass is 16.5. The van der Waals surface area contributed by atoms with Crippen molar-refractivity contribution < 1.29 is 14.3 Å². The lowest BCUT2D eigenvalue weighted by molar-refractivity contribution is -0.155. The van der Waals surface area contributed by atoms with E-state index in [4.69, 9.17) is 9.47 Å². The van der Waals surface area contributed by atoms with Crippen LogP contribution in [0.5, 0.6) is 11.5 Å². The van der Waals surface area contributed by atoms with E-state index in [2.05, 4.69) is 12.3 Å². The lowest BCUT2D eigenvalue weighted by Crippen LogP contribution is -2.25. The molecular weight excluding hydrogens is 300 g/mol. The Balaban J connectivity index is 1.76. The van der Waals surface area contributed by atoms with E-state index in [1.54, 1.807) is 6.08 Å². The number of rotatable bonds is 6. The molecule has 0 bridgehead atoms. The third-order valence-corrected chi connectivity index (χ3v) is 4.12. The first kappa shape index (κ1) is 16.1. The summed E-state index contributed by atoms with van der Waals surface area (Å²) in [6, 6.07) is 17.1. The van der Waals surface area contributed by atoms with Crippen LogP contribution in [0.1, 0.15) is 30.9 Å². The van der Waals surface area contributed by atoms with Crippen LogP contribution in [0.25, 0.3) is 0 Å². The topological polar surface area (TPSA) is 35.5 Å². The predicted molar refractivity (Wildman–Crippen MR) is 92.8 cm³/mol. The molecule has 2 aromatic carbocycles. The van der Waals surface area contributed by atoms with Gasteiger partial charge in [0.2, 0.25) is 0 Å². The van der Waals surface area contributed by atoms with Gasteiger partial charge in [-0.3, -0.25) is 4.79 Å². The van der Waals surface area contributed by atoms with Crippen molar-refractivity contribution in [2.75, 3.05) is 0 Å². The maximum absolute atomic E-state index is 12.1. The Labute approximate surface area is 142 Å². The molecule has 24 heavy (non-hydrogen) atoms. The van der Waals surface area contributed by atoms with Crippen LogP contribution in [0.4, 0.5) is 0 Å². The van der Waals surface area contributed by atoms with Crippen LogP contribution in [0.3, 0.4) is 0 Å². The zero-order valence-corrected chi connectivity index (χ0v) is 13.5. The molecule has 1 fully saturated rings. The second-order valence-corrected chi connectivity index (χ2v) is 5.84. The zero-order chi connectivity index (χ0) is 16.8. The molecule has 0 saturated heterocycles. The molecule has 0 aromatic heterocycles. The summed E-state index contributed by atoms with van der Waals surface area (Å²) >= 11 is 0. The number of esters is 1. The normalized spacial score (nSPS) is 14.8. The highest BCUT2D eigenvalue weighted by Gasteiger charge is 2.28. The molecule has 1 aliphatic carbocycles. The second-order valence-electron chi connectivity index (χ2n) is 5.84. The van der Waals surface area contributed by atoms with Gasteiger partial charge in [0.1, 0.15) is 11.5 Å². The van der Waals surface area contributed by atoms with Crippen molar-refractivity contribution in [2.24, 2.45) is 5.92 Å². The van der Waals surface area contributed by atoms with Crippen molar-refractivity contribution in [3.63, 3.8) is 0 Å². The standard InChI is InChI=1S/C21H20O3/c1-2-8-20(24-21(22)16-9-6-10-16)17-11-7-14-19(15-17)23-18-12-4-3-5-13-18/h3-5,7-8,11-16,20H,1,6,9-10H2. The van der Waals surface area contributed by atoms with Crippen molar-refractivity contribution in [2.45, 2.75) is 25.4 Å². The number of benzene rings is 2. The fourth-order valence-corrected chi connectivity index (χ4v) is 2.55. The minimum Gasteiger partial charge on any atom is -0.457 e. The average Bonchev–Trinajstić information content (AvgIpc) is 2.54. The Morgan fingerprint density at radius 3 is 2.54 bits per heavy atom. The molecule has 3 rings (SSSR count). The quantitative estimate of drug-likeness (QED) is 0.542. The van der Waals surface area contributed by atoms with Crippen molar-refractivity contribution in [3.8, 4) is 11.5 Å².